The summed E-state index contributed by atoms with van der Waals surface area (Å²) in [6.07, 6.45) is 3.48. The molecular weight excluding hydrogens is 364 g/mol. The van der Waals surface area contributed by atoms with Crippen molar-refractivity contribution in [2.45, 2.75) is 19.4 Å². The highest BCUT2D eigenvalue weighted by molar-refractivity contribution is 5.93. The maximum Gasteiger partial charge on any atom is 0.239 e. The van der Waals surface area contributed by atoms with E-state index in [9.17, 15) is 20.1 Å². The molecular formula is C21H18O7. The summed E-state index contributed by atoms with van der Waals surface area (Å²) >= 11 is 0. The van der Waals surface area contributed by atoms with E-state index in [2.05, 4.69) is 0 Å². The molecule has 0 amide bonds. The Morgan fingerprint density at radius 2 is 1.82 bits per heavy atom. The molecule has 0 radical (unpaired) electrons. The highest BCUT2D eigenvalue weighted by Crippen LogP contribution is 2.43. The minimum Gasteiger partial charge on any atom is -0.506 e. The van der Waals surface area contributed by atoms with Gasteiger partial charge in [-0.15, -0.1) is 0 Å². The van der Waals surface area contributed by atoms with Crippen molar-refractivity contribution in [3.63, 3.8) is 0 Å². The van der Waals surface area contributed by atoms with Crippen molar-refractivity contribution in [2.75, 3.05) is 7.11 Å². The molecule has 0 unspecified atom stereocenters. The van der Waals surface area contributed by atoms with Crippen LogP contribution in [0.25, 0.3) is 28.4 Å². The second-order valence-electron chi connectivity index (χ2n) is 7.05. The molecule has 0 spiro atoms. The first kappa shape index (κ1) is 17.8. The van der Waals surface area contributed by atoms with Crippen LogP contribution < -0.4 is 14.9 Å². The zero-order valence-electron chi connectivity index (χ0n) is 15.4. The number of methoxy groups -OCH3 is 1. The van der Waals surface area contributed by atoms with E-state index in [-0.39, 0.29) is 39.7 Å². The average Bonchev–Trinajstić information content (AvgIpc) is 2.62. The van der Waals surface area contributed by atoms with Crippen molar-refractivity contribution in [3.05, 3.63) is 46.1 Å². The monoisotopic (exact) mass is 382 g/mol. The Labute approximate surface area is 159 Å². The van der Waals surface area contributed by atoms with Crippen LogP contribution in [0.4, 0.5) is 0 Å². The number of aromatic hydroxyl groups is 3. The summed E-state index contributed by atoms with van der Waals surface area (Å²) in [5.41, 5.74) is -0.327. The first-order valence-electron chi connectivity index (χ1n) is 8.53. The summed E-state index contributed by atoms with van der Waals surface area (Å²) in [6.45, 7) is 3.73. The van der Waals surface area contributed by atoms with Gasteiger partial charge in [0.25, 0.3) is 0 Å². The molecule has 0 aliphatic carbocycles. The molecule has 3 N–H and O–H groups in total. The summed E-state index contributed by atoms with van der Waals surface area (Å²) in [5, 5.41) is 30.0. The summed E-state index contributed by atoms with van der Waals surface area (Å²) in [7, 11) is 1.31. The fourth-order valence-corrected chi connectivity index (χ4v) is 3.20. The molecule has 2 heterocycles. The average molecular weight is 382 g/mol. The molecule has 0 atom stereocenters. The van der Waals surface area contributed by atoms with Gasteiger partial charge in [0.1, 0.15) is 28.1 Å². The van der Waals surface area contributed by atoms with Gasteiger partial charge >= 0.3 is 0 Å². The van der Waals surface area contributed by atoms with E-state index in [1.807, 2.05) is 13.8 Å². The molecule has 28 heavy (non-hydrogen) atoms. The van der Waals surface area contributed by atoms with Gasteiger partial charge in [0.05, 0.1) is 12.7 Å². The van der Waals surface area contributed by atoms with Crippen LogP contribution in [-0.2, 0) is 0 Å². The number of hydrogen-bond donors (Lipinski definition) is 3. The highest BCUT2D eigenvalue weighted by Gasteiger charge is 2.28. The van der Waals surface area contributed by atoms with Crippen molar-refractivity contribution in [3.8, 4) is 40.1 Å². The minimum atomic E-state index is -0.578. The fraction of sp³-hybridized carbons (Fsp3) is 0.190. The Bertz CT molecular complexity index is 1200. The number of rotatable bonds is 2. The largest absolute Gasteiger partial charge is 0.506 e. The first-order chi connectivity index (χ1) is 13.2. The van der Waals surface area contributed by atoms with Crippen LogP contribution in [0.5, 0.6) is 28.7 Å². The lowest BCUT2D eigenvalue weighted by atomic mass is 9.99. The highest BCUT2D eigenvalue weighted by atomic mass is 16.5. The standard InChI is InChI=1S/C21H18O7/c1-21(2)7-6-11-14(28-21)9-15-16(17(11)24)18(25)20(26-3)19(27-15)10-4-5-12(22)13(23)8-10/h4-9,22-24H,1-3H3. The zero-order chi connectivity index (χ0) is 20.2. The quantitative estimate of drug-likeness (QED) is 0.579. The van der Waals surface area contributed by atoms with E-state index in [4.69, 9.17) is 13.9 Å². The molecule has 2 aromatic carbocycles. The number of ether oxygens (including phenoxy) is 2. The van der Waals surface area contributed by atoms with E-state index in [0.717, 1.165) is 0 Å². The molecule has 7 nitrogen and oxygen atoms in total. The summed E-state index contributed by atoms with van der Waals surface area (Å²) < 4.78 is 17.0. The SMILES string of the molecule is COc1c(-c2ccc(O)c(O)c2)oc2cc3c(c(O)c2c1=O)C=CC(C)(C)O3. The zero-order valence-corrected chi connectivity index (χ0v) is 15.4. The van der Waals surface area contributed by atoms with Gasteiger partial charge in [-0.1, -0.05) is 0 Å². The van der Waals surface area contributed by atoms with Gasteiger partial charge < -0.3 is 29.2 Å². The van der Waals surface area contributed by atoms with Crippen LogP contribution in [-0.4, -0.2) is 28.0 Å². The predicted molar refractivity (Wildman–Crippen MR) is 103 cm³/mol. The number of phenolic OH excluding ortho intramolecular Hbond substituents is 3. The molecule has 7 heteroatoms. The van der Waals surface area contributed by atoms with Crippen LogP contribution in [0.15, 0.2) is 39.6 Å². The summed E-state index contributed by atoms with van der Waals surface area (Å²) in [4.78, 5) is 13.0. The molecule has 0 fully saturated rings. The van der Waals surface area contributed by atoms with Crippen LogP contribution in [0, 0.1) is 0 Å². The third-order valence-electron chi connectivity index (χ3n) is 4.58. The minimum absolute atomic E-state index is 0.0321. The Morgan fingerprint density at radius 3 is 2.50 bits per heavy atom. The summed E-state index contributed by atoms with van der Waals surface area (Å²) in [5.74, 6) is -0.628. The van der Waals surface area contributed by atoms with Crippen molar-refractivity contribution < 1.29 is 29.2 Å². The molecule has 144 valence electrons. The first-order valence-corrected chi connectivity index (χ1v) is 8.53. The molecule has 1 aromatic heterocycles. The van der Waals surface area contributed by atoms with Gasteiger partial charge in [0, 0.05) is 11.6 Å². The number of fused-ring (bicyclic) bond motifs is 2. The van der Waals surface area contributed by atoms with E-state index in [0.29, 0.717) is 16.9 Å². The maximum atomic E-state index is 13.0. The number of hydrogen-bond acceptors (Lipinski definition) is 7. The fourth-order valence-electron chi connectivity index (χ4n) is 3.20. The molecule has 1 aliphatic rings. The van der Waals surface area contributed by atoms with Crippen molar-refractivity contribution >= 4 is 17.0 Å². The lowest BCUT2D eigenvalue weighted by Gasteiger charge is -2.28. The normalized spacial score (nSPS) is 14.5. The van der Waals surface area contributed by atoms with E-state index in [1.54, 1.807) is 18.2 Å². The van der Waals surface area contributed by atoms with Gasteiger partial charge in [0.15, 0.2) is 17.3 Å². The van der Waals surface area contributed by atoms with Crippen molar-refractivity contribution in [1.82, 2.24) is 0 Å². The molecule has 4 rings (SSSR count). The van der Waals surface area contributed by atoms with E-state index < -0.39 is 11.0 Å². The van der Waals surface area contributed by atoms with Crippen LogP contribution in [0.2, 0.25) is 0 Å². The van der Waals surface area contributed by atoms with E-state index >= 15 is 0 Å². The lowest BCUT2D eigenvalue weighted by molar-refractivity contribution is 0.158. The van der Waals surface area contributed by atoms with Crippen LogP contribution in [0.1, 0.15) is 19.4 Å². The molecule has 0 saturated heterocycles. The second-order valence-corrected chi connectivity index (χ2v) is 7.05. The Kier molecular flexibility index (Phi) is 3.78. The molecule has 0 bridgehead atoms. The van der Waals surface area contributed by atoms with Gasteiger partial charge in [-0.2, -0.15) is 0 Å². The maximum absolute atomic E-state index is 13.0. The number of phenols is 3. The topological polar surface area (TPSA) is 109 Å². The predicted octanol–water partition coefficient (Wildman–Crippen LogP) is 3.77. The second kappa shape index (κ2) is 5.95. The van der Waals surface area contributed by atoms with Gasteiger partial charge in [-0.05, 0) is 44.2 Å². The van der Waals surface area contributed by atoms with Crippen molar-refractivity contribution in [2.24, 2.45) is 0 Å². The smallest absolute Gasteiger partial charge is 0.239 e. The lowest BCUT2D eigenvalue weighted by Crippen LogP contribution is -2.27. The number of benzene rings is 2. The van der Waals surface area contributed by atoms with Crippen LogP contribution in [0.3, 0.4) is 0 Å². The molecule has 1 aliphatic heterocycles. The molecule has 0 saturated carbocycles. The molecule has 3 aromatic rings. The Balaban J connectivity index is 2.05. The summed E-state index contributed by atoms with van der Waals surface area (Å²) in [6, 6.07) is 5.54. The van der Waals surface area contributed by atoms with Crippen LogP contribution >= 0.6 is 0 Å². The van der Waals surface area contributed by atoms with Gasteiger partial charge in [-0.25, -0.2) is 0 Å². The van der Waals surface area contributed by atoms with Gasteiger partial charge in [-0.3, -0.25) is 4.79 Å². The Morgan fingerprint density at radius 1 is 1.07 bits per heavy atom. The van der Waals surface area contributed by atoms with Gasteiger partial charge in [0.2, 0.25) is 11.2 Å². The van der Waals surface area contributed by atoms with E-state index in [1.165, 1.54) is 25.3 Å². The van der Waals surface area contributed by atoms with Crippen molar-refractivity contribution in [1.29, 1.82) is 0 Å². The third kappa shape index (κ3) is 2.63. The Hall–Kier alpha value is -3.61. The third-order valence-corrected chi connectivity index (χ3v) is 4.58.